The summed E-state index contributed by atoms with van der Waals surface area (Å²) in [7, 11) is -3.49. The standard InChI is InChI=1S/C33H37BrN4O7S/c1-20(2)46(41,42)24-15-13-23(14-16-24)26-19-35-29(38(30(39)43-32(3,4)5)31(40)44-33(6,7)8)28(36-26)27-17-25(37-45-27)22-11-9-21(18-34)10-12-22/h9-17,19-20H,18H2,1-8H3. The van der Waals surface area contributed by atoms with Crippen molar-refractivity contribution in [2.24, 2.45) is 0 Å². The van der Waals surface area contributed by atoms with Crippen LogP contribution in [0.25, 0.3) is 34.0 Å². The lowest BCUT2D eigenvalue weighted by molar-refractivity contribution is 0.0429. The van der Waals surface area contributed by atoms with Crippen LogP contribution >= 0.6 is 15.9 Å². The smallest absolute Gasteiger partial charge is 0.425 e. The molecule has 0 spiro atoms. The Labute approximate surface area is 277 Å². The lowest BCUT2D eigenvalue weighted by Gasteiger charge is -2.28. The summed E-state index contributed by atoms with van der Waals surface area (Å²) in [6, 6.07) is 15.5. The van der Waals surface area contributed by atoms with Gasteiger partial charge in [-0.2, -0.15) is 4.90 Å². The van der Waals surface area contributed by atoms with E-state index in [2.05, 4.69) is 26.1 Å². The predicted molar refractivity (Wildman–Crippen MR) is 178 cm³/mol. The highest BCUT2D eigenvalue weighted by Crippen LogP contribution is 2.35. The average molecular weight is 714 g/mol. The van der Waals surface area contributed by atoms with E-state index in [-0.39, 0.29) is 22.2 Å². The van der Waals surface area contributed by atoms with Crippen molar-refractivity contribution in [1.29, 1.82) is 0 Å². The molecule has 2 amide bonds. The number of imide groups is 1. The number of nitrogens with zero attached hydrogens (tertiary/aromatic N) is 4. The number of carbonyl (C=O) groups is 2. The van der Waals surface area contributed by atoms with Crippen molar-refractivity contribution in [2.75, 3.05) is 4.90 Å². The third kappa shape index (κ3) is 8.18. The predicted octanol–water partition coefficient (Wildman–Crippen LogP) is 8.22. The number of halogens is 1. The molecule has 0 saturated heterocycles. The number of benzene rings is 2. The molecule has 11 nitrogen and oxygen atoms in total. The molecule has 2 heterocycles. The molecule has 0 radical (unpaired) electrons. The molecule has 0 aliphatic rings. The van der Waals surface area contributed by atoms with Gasteiger partial charge in [0.1, 0.15) is 16.9 Å². The highest BCUT2D eigenvalue weighted by atomic mass is 79.9. The summed E-state index contributed by atoms with van der Waals surface area (Å²) in [5.41, 5.74) is 1.28. The summed E-state index contributed by atoms with van der Waals surface area (Å²) in [4.78, 5) is 37.1. The van der Waals surface area contributed by atoms with E-state index in [9.17, 15) is 18.0 Å². The van der Waals surface area contributed by atoms with Gasteiger partial charge in [-0.25, -0.2) is 28.0 Å². The molecule has 0 aliphatic carbocycles. The molecule has 2 aromatic heterocycles. The summed E-state index contributed by atoms with van der Waals surface area (Å²) >= 11 is 3.44. The summed E-state index contributed by atoms with van der Waals surface area (Å²) < 4.78 is 42.2. The zero-order valence-electron chi connectivity index (χ0n) is 27.0. The number of alkyl halides is 1. The van der Waals surface area contributed by atoms with Gasteiger partial charge in [0.25, 0.3) is 0 Å². The van der Waals surface area contributed by atoms with Crippen LogP contribution in [-0.4, -0.2) is 52.2 Å². The first-order chi connectivity index (χ1) is 21.4. The van der Waals surface area contributed by atoms with Crippen LogP contribution in [0.4, 0.5) is 15.4 Å². The van der Waals surface area contributed by atoms with Gasteiger partial charge in [-0.3, -0.25) is 0 Å². The Morgan fingerprint density at radius 3 is 1.89 bits per heavy atom. The fourth-order valence-corrected chi connectivity index (χ4v) is 5.52. The van der Waals surface area contributed by atoms with Crippen LogP contribution < -0.4 is 4.90 Å². The Morgan fingerprint density at radius 2 is 1.39 bits per heavy atom. The summed E-state index contributed by atoms with van der Waals surface area (Å²) in [5, 5.41) is 4.32. The number of amides is 2. The number of hydrogen-bond acceptors (Lipinski definition) is 10. The Hall–Kier alpha value is -4.10. The van der Waals surface area contributed by atoms with Crippen LogP contribution in [0.1, 0.15) is 61.0 Å². The molecule has 0 bridgehead atoms. The first kappa shape index (κ1) is 34.8. The molecule has 13 heteroatoms. The quantitative estimate of drug-likeness (QED) is 0.172. The highest BCUT2D eigenvalue weighted by Gasteiger charge is 2.37. The van der Waals surface area contributed by atoms with E-state index in [1.165, 1.54) is 18.3 Å². The lowest BCUT2D eigenvalue weighted by Crippen LogP contribution is -2.44. The van der Waals surface area contributed by atoms with Crippen LogP contribution in [0, 0.1) is 0 Å². The Morgan fingerprint density at radius 1 is 0.870 bits per heavy atom. The molecule has 244 valence electrons. The van der Waals surface area contributed by atoms with Crippen molar-refractivity contribution in [3.05, 3.63) is 66.4 Å². The third-order valence-corrected chi connectivity index (χ3v) is 9.18. The molecule has 2 aromatic carbocycles. The van der Waals surface area contributed by atoms with Crippen LogP contribution in [0.2, 0.25) is 0 Å². The van der Waals surface area contributed by atoms with Gasteiger partial charge >= 0.3 is 12.2 Å². The van der Waals surface area contributed by atoms with Crippen LogP contribution in [-0.2, 0) is 24.6 Å². The molecule has 0 aliphatic heterocycles. The number of aromatic nitrogens is 3. The van der Waals surface area contributed by atoms with E-state index < -0.39 is 38.5 Å². The maximum absolute atomic E-state index is 13.5. The van der Waals surface area contributed by atoms with Gasteiger partial charge in [-0.15, -0.1) is 0 Å². The van der Waals surface area contributed by atoms with Crippen molar-refractivity contribution in [2.45, 2.75) is 82.1 Å². The van der Waals surface area contributed by atoms with Crippen molar-refractivity contribution in [1.82, 2.24) is 15.1 Å². The summed E-state index contributed by atoms with van der Waals surface area (Å²) in [6.07, 6.45) is -0.695. The number of sulfone groups is 1. The minimum atomic E-state index is -3.49. The molecule has 0 atom stereocenters. The number of rotatable bonds is 7. The molecule has 0 saturated carbocycles. The second-order valence-electron chi connectivity index (χ2n) is 12.7. The molecular formula is C33H37BrN4O7S. The normalized spacial score (nSPS) is 12.2. The number of carbonyl (C=O) groups excluding carboxylic acids is 2. The lowest BCUT2D eigenvalue weighted by atomic mass is 10.1. The van der Waals surface area contributed by atoms with Gasteiger partial charge in [0.05, 0.1) is 22.0 Å². The molecule has 0 fully saturated rings. The summed E-state index contributed by atoms with van der Waals surface area (Å²) in [5.74, 6) is -0.0939. The van der Waals surface area contributed by atoms with E-state index in [0.717, 1.165) is 11.1 Å². The Bertz CT molecular complexity index is 1800. The highest BCUT2D eigenvalue weighted by molar-refractivity contribution is 9.08. The topological polar surface area (TPSA) is 142 Å². The van der Waals surface area contributed by atoms with Crippen LogP contribution in [0.3, 0.4) is 0 Å². The Balaban J connectivity index is 1.89. The zero-order chi connectivity index (χ0) is 34.0. The SMILES string of the molecule is CC(C)S(=O)(=O)c1ccc(-c2cnc(N(C(=O)OC(C)(C)C)C(=O)OC(C)(C)C)c(-c3cc(-c4ccc(CBr)cc4)no3)n2)cc1. The monoisotopic (exact) mass is 712 g/mol. The number of ether oxygens (including phenoxy) is 2. The third-order valence-electron chi connectivity index (χ3n) is 6.36. The summed E-state index contributed by atoms with van der Waals surface area (Å²) in [6.45, 7) is 13.2. The average Bonchev–Trinajstić information content (AvgIpc) is 3.46. The van der Waals surface area contributed by atoms with E-state index in [0.29, 0.717) is 27.2 Å². The van der Waals surface area contributed by atoms with E-state index in [1.807, 2.05) is 24.3 Å². The van der Waals surface area contributed by atoms with Gasteiger partial charge in [-0.05, 0) is 73.1 Å². The molecule has 4 rings (SSSR count). The van der Waals surface area contributed by atoms with Gasteiger partial charge < -0.3 is 14.0 Å². The van der Waals surface area contributed by atoms with Crippen LogP contribution in [0.5, 0.6) is 0 Å². The molecule has 0 N–H and O–H groups in total. The Kier molecular flexibility index (Phi) is 10.1. The van der Waals surface area contributed by atoms with E-state index in [4.69, 9.17) is 19.0 Å². The van der Waals surface area contributed by atoms with Crippen molar-refractivity contribution in [3.8, 4) is 34.0 Å². The zero-order valence-corrected chi connectivity index (χ0v) is 29.4. The second kappa shape index (κ2) is 13.3. The van der Waals surface area contributed by atoms with Gasteiger partial charge in [0, 0.05) is 22.5 Å². The maximum atomic E-state index is 13.5. The molecular weight excluding hydrogens is 676 g/mol. The number of hydrogen-bond donors (Lipinski definition) is 0. The van der Waals surface area contributed by atoms with E-state index >= 15 is 0 Å². The van der Waals surface area contributed by atoms with Gasteiger partial charge in [-0.1, -0.05) is 57.5 Å². The van der Waals surface area contributed by atoms with Crippen molar-refractivity contribution < 1.29 is 32.0 Å². The molecule has 4 aromatic rings. The van der Waals surface area contributed by atoms with Gasteiger partial charge in [0.15, 0.2) is 27.1 Å². The molecule has 0 unspecified atom stereocenters. The first-order valence-electron chi connectivity index (χ1n) is 14.5. The minimum Gasteiger partial charge on any atom is -0.443 e. The van der Waals surface area contributed by atoms with Crippen LogP contribution in [0.15, 0.2) is 70.2 Å². The molecule has 46 heavy (non-hydrogen) atoms. The minimum absolute atomic E-state index is 0.00363. The number of anilines is 1. The van der Waals surface area contributed by atoms with E-state index in [1.54, 1.807) is 73.6 Å². The second-order valence-corrected chi connectivity index (χ2v) is 15.8. The fraction of sp³-hybridized carbons (Fsp3) is 0.364. The maximum Gasteiger partial charge on any atom is 0.425 e. The fourth-order valence-electron chi connectivity index (χ4n) is 4.09. The largest absolute Gasteiger partial charge is 0.443 e. The van der Waals surface area contributed by atoms with Crippen molar-refractivity contribution in [3.63, 3.8) is 0 Å². The first-order valence-corrected chi connectivity index (χ1v) is 17.2. The van der Waals surface area contributed by atoms with Crippen molar-refractivity contribution >= 4 is 43.8 Å². The van der Waals surface area contributed by atoms with Gasteiger partial charge in [0.2, 0.25) is 0 Å².